The molecule has 0 fully saturated rings. The molecular weight excluding hydrogens is 159 g/mol. The van der Waals surface area contributed by atoms with E-state index in [4.69, 9.17) is 15.9 Å². The maximum Gasteiger partial charge on any atom is 0.167 e. The number of benzene rings is 1. The van der Waals surface area contributed by atoms with Gasteiger partial charge in [-0.3, -0.25) is 0 Å². The van der Waals surface area contributed by atoms with E-state index < -0.39 is 5.82 Å². The van der Waals surface area contributed by atoms with E-state index in [2.05, 4.69) is 0 Å². The number of nitrogens with two attached hydrogens (primary N) is 1. The van der Waals surface area contributed by atoms with Gasteiger partial charge in [-0.05, 0) is 6.07 Å². The van der Waals surface area contributed by atoms with Crippen LogP contribution in [0.1, 0.15) is 5.56 Å². The molecular formula is C8H9FN2O. The zero-order valence-electron chi connectivity index (χ0n) is 6.60. The summed E-state index contributed by atoms with van der Waals surface area (Å²) >= 11 is 0. The lowest BCUT2D eigenvalue weighted by atomic mass is 10.2. The third-order valence-corrected chi connectivity index (χ3v) is 1.51. The monoisotopic (exact) mass is 168 g/mol. The molecule has 1 aromatic rings. The van der Waals surface area contributed by atoms with E-state index in [0.29, 0.717) is 5.56 Å². The molecule has 0 aromatic heterocycles. The van der Waals surface area contributed by atoms with Gasteiger partial charge in [0.1, 0.15) is 0 Å². The smallest absolute Gasteiger partial charge is 0.167 e. The van der Waals surface area contributed by atoms with E-state index >= 15 is 0 Å². The SMILES string of the molecule is COc1cc(C=N)c(N)cc1F. The summed E-state index contributed by atoms with van der Waals surface area (Å²) in [4.78, 5) is 0. The molecule has 0 aliphatic heterocycles. The highest BCUT2D eigenvalue weighted by molar-refractivity contribution is 5.85. The van der Waals surface area contributed by atoms with E-state index in [1.54, 1.807) is 0 Å². The molecule has 0 aliphatic carbocycles. The number of halogens is 1. The number of hydrogen-bond acceptors (Lipinski definition) is 3. The Balaban J connectivity index is 3.26. The molecule has 1 rings (SSSR count). The zero-order valence-corrected chi connectivity index (χ0v) is 6.60. The van der Waals surface area contributed by atoms with E-state index in [0.717, 1.165) is 12.3 Å². The quantitative estimate of drug-likeness (QED) is 0.518. The van der Waals surface area contributed by atoms with Gasteiger partial charge in [-0.1, -0.05) is 0 Å². The summed E-state index contributed by atoms with van der Waals surface area (Å²) in [6.45, 7) is 0. The van der Waals surface area contributed by atoms with Gasteiger partial charge in [0.25, 0.3) is 0 Å². The topological polar surface area (TPSA) is 59.1 Å². The van der Waals surface area contributed by atoms with Gasteiger partial charge in [0.15, 0.2) is 11.6 Å². The minimum absolute atomic E-state index is 0.0997. The Morgan fingerprint density at radius 3 is 2.75 bits per heavy atom. The van der Waals surface area contributed by atoms with Gasteiger partial charge in [0.05, 0.1) is 7.11 Å². The second-order valence-corrected chi connectivity index (χ2v) is 2.26. The molecule has 0 saturated heterocycles. The van der Waals surface area contributed by atoms with Crippen molar-refractivity contribution < 1.29 is 9.13 Å². The van der Waals surface area contributed by atoms with Gasteiger partial charge < -0.3 is 15.9 Å². The highest BCUT2D eigenvalue weighted by Crippen LogP contribution is 2.22. The molecule has 0 heterocycles. The molecule has 0 atom stereocenters. The van der Waals surface area contributed by atoms with Crippen molar-refractivity contribution in [2.45, 2.75) is 0 Å². The Labute approximate surface area is 69.5 Å². The Kier molecular flexibility index (Phi) is 2.28. The second kappa shape index (κ2) is 3.21. The molecule has 1 aromatic carbocycles. The normalized spacial score (nSPS) is 9.50. The van der Waals surface area contributed by atoms with Crippen molar-refractivity contribution >= 4 is 11.9 Å². The minimum Gasteiger partial charge on any atom is -0.494 e. The predicted octanol–water partition coefficient (Wildman–Crippen LogP) is 1.41. The van der Waals surface area contributed by atoms with Crippen molar-refractivity contribution in [1.82, 2.24) is 0 Å². The molecule has 12 heavy (non-hydrogen) atoms. The fraction of sp³-hybridized carbons (Fsp3) is 0.125. The maximum absolute atomic E-state index is 12.9. The summed E-state index contributed by atoms with van der Waals surface area (Å²) in [7, 11) is 1.36. The van der Waals surface area contributed by atoms with Crippen molar-refractivity contribution in [2.24, 2.45) is 0 Å². The van der Waals surface area contributed by atoms with Crippen molar-refractivity contribution in [3.05, 3.63) is 23.5 Å². The summed E-state index contributed by atoms with van der Waals surface area (Å²) in [5, 5.41) is 6.94. The lowest BCUT2D eigenvalue weighted by molar-refractivity contribution is 0.386. The first kappa shape index (κ1) is 8.52. The number of rotatable bonds is 2. The Hall–Kier alpha value is -1.58. The third kappa shape index (κ3) is 1.37. The number of methoxy groups -OCH3 is 1. The molecule has 4 heteroatoms. The second-order valence-electron chi connectivity index (χ2n) is 2.26. The van der Waals surface area contributed by atoms with Crippen molar-refractivity contribution in [3.8, 4) is 5.75 Å². The van der Waals surface area contributed by atoms with Crippen LogP contribution in [0.4, 0.5) is 10.1 Å². The average Bonchev–Trinajstić information content (AvgIpc) is 2.05. The van der Waals surface area contributed by atoms with Crippen molar-refractivity contribution in [1.29, 1.82) is 5.41 Å². The molecule has 3 nitrogen and oxygen atoms in total. The third-order valence-electron chi connectivity index (χ3n) is 1.51. The highest BCUT2D eigenvalue weighted by atomic mass is 19.1. The molecule has 0 radical (unpaired) electrons. The lowest BCUT2D eigenvalue weighted by Gasteiger charge is -2.04. The maximum atomic E-state index is 12.9. The first-order valence-electron chi connectivity index (χ1n) is 3.32. The van der Waals surface area contributed by atoms with Crippen LogP contribution < -0.4 is 10.5 Å². The number of hydrogen-bond donors (Lipinski definition) is 2. The molecule has 0 bridgehead atoms. The van der Waals surface area contributed by atoms with Crippen LogP contribution in [0.2, 0.25) is 0 Å². The van der Waals surface area contributed by atoms with Crippen molar-refractivity contribution in [2.75, 3.05) is 12.8 Å². The summed E-state index contributed by atoms with van der Waals surface area (Å²) in [6.07, 6.45) is 1.05. The number of nitrogen functional groups attached to an aromatic ring is 1. The molecule has 0 saturated carbocycles. The summed E-state index contributed by atoms with van der Waals surface area (Å²) in [6, 6.07) is 2.52. The first-order chi connectivity index (χ1) is 5.69. The number of anilines is 1. The van der Waals surface area contributed by atoms with Gasteiger partial charge >= 0.3 is 0 Å². The Bertz CT molecular complexity index is 312. The van der Waals surface area contributed by atoms with Crippen LogP contribution in [0.5, 0.6) is 5.75 Å². The van der Waals surface area contributed by atoms with Gasteiger partial charge in [-0.2, -0.15) is 0 Å². The Morgan fingerprint density at radius 2 is 2.25 bits per heavy atom. The van der Waals surface area contributed by atoms with Gasteiger partial charge in [-0.25, -0.2) is 4.39 Å². The molecule has 0 spiro atoms. The van der Waals surface area contributed by atoms with Gasteiger partial charge in [-0.15, -0.1) is 0 Å². The predicted molar refractivity (Wildman–Crippen MR) is 45.3 cm³/mol. The molecule has 64 valence electrons. The van der Waals surface area contributed by atoms with Crippen LogP contribution in [0.3, 0.4) is 0 Å². The number of nitrogens with one attached hydrogen (secondary N) is 1. The van der Waals surface area contributed by atoms with Gasteiger partial charge in [0, 0.05) is 23.5 Å². The van der Waals surface area contributed by atoms with Crippen LogP contribution in [-0.4, -0.2) is 13.3 Å². The van der Waals surface area contributed by atoms with Crippen LogP contribution in [0.15, 0.2) is 12.1 Å². The summed E-state index contributed by atoms with van der Waals surface area (Å²) in [5.74, 6) is -0.414. The average molecular weight is 168 g/mol. The van der Waals surface area contributed by atoms with Crippen molar-refractivity contribution in [3.63, 3.8) is 0 Å². The fourth-order valence-corrected chi connectivity index (χ4v) is 0.866. The van der Waals surface area contributed by atoms with Crippen LogP contribution >= 0.6 is 0 Å². The van der Waals surface area contributed by atoms with E-state index in [-0.39, 0.29) is 11.4 Å². The standard InChI is InChI=1S/C8H9FN2O/c1-12-8-2-5(4-10)7(11)3-6(8)9/h2-4,10H,11H2,1H3. The van der Waals surface area contributed by atoms with E-state index in [9.17, 15) is 4.39 Å². The highest BCUT2D eigenvalue weighted by Gasteiger charge is 2.05. The van der Waals surface area contributed by atoms with Crippen LogP contribution in [0.25, 0.3) is 0 Å². The largest absolute Gasteiger partial charge is 0.494 e. The van der Waals surface area contributed by atoms with E-state index in [1.165, 1.54) is 13.2 Å². The Morgan fingerprint density at radius 1 is 1.58 bits per heavy atom. The molecule has 3 N–H and O–H groups in total. The molecule has 0 unspecified atom stereocenters. The summed E-state index contributed by atoms with van der Waals surface area (Å²) < 4.78 is 17.6. The fourth-order valence-electron chi connectivity index (χ4n) is 0.866. The first-order valence-corrected chi connectivity index (χ1v) is 3.32. The number of ether oxygens (including phenoxy) is 1. The molecule has 0 aliphatic rings. The van der Waals surface area contributed by atoms with E-state index in [1.807, 2.05) is 0 Å². The minimum atomic E-state index is -0.513. The zero-order chi connectivity index (χ0) is 9.14. The molecule has 0 amide bonds. The van der Waals surface area contributed by atoms with Crippen LogP contribution in [-0.2, 0) is 0 Å². The lowest BCUT2D eigenvalue weighted by Crippen LogP contribution is -1.96. The van der Waals surface area contributed by atoms with Gasteiger partial charge in [0.2, 0.25) is 0 Å². The van der Waals surface area contributed by atoms with Crippen LogP contribution in [0, 0.1) is 11.2 Å². The summed E-state index contributed by atoms with van der Waals surface area (Å²) in [5.41, 5.74) is 6.10.